The van der Waals surface area contributed by atoms with Gasteiger partial charge in [-0.1, -0.05) is 20.8 Å². The van der Waals surface area contributed by atoms with E-state index in [1.165, 1.54) is 0 Å². The zero-order chi connectivity index (χ0) is 16.9. The van der Waals surface area contributed by atoms with Crippen LogP contribution in [0.1, 0.15) is 48.7 Å². The number of aryl methyl sites for hydroxylation is 2. The van der Waals surface area contributed by atoms with Crippen LogP contribution in [0.4, 0.5) is 0 Å². The highest BCUT2D eigenvalue weighted by atomic mass is 16.5. The second-order valence-electron chi connectivity index (χ2n) is 5.85. The van der Waals surface area contributed by atoms with Gasteiger partial charge < -0.3 is 15.2 Å². The fourth-order valence-corrected chi connectivity index (χ4v) is 2.43. The van der Waals surface area contributed by atoms with Crippen LogP contribution >= 0.6 is 0 Å². The van der Waals surface area contributed by atoms with Gasteiger partial charge >= 0.3 is 5.97 Å². The first-order valence-electron chi connectivity index (χ1n) is 7.52. The van der Waals surface area contributed by atoms with E-state index in [0.717, 1.165) is 17.5 Å². The molecule has 1 aromatic rings. The molecule has 22 heavy (non-hydrogen) atoms. The third-order valence-electron chi connectivity index (χ3n) is 3.62. The van der Waals surface area contributed by atoms with Gasteiger partial charge in [0.1, 0.15) is 5.75 Å². The maximum absolute atomic E-state index is 12.4. The highest BCUT2D eigenvalue weighted by Gasteiger charge is 2.17. The van der Waals surface area contributed by atoms with Crippen LogP contribution in [0, 0.1) is 19.8 Å². The summed E-state index contributed by atoms with van der Waals surface area (Å²) < 4.78 is 5.27. The fraction of sp³-hybridized carbons (Fsp3) is 0.529. The van der Waals surface area contributed by atoms with Crippen LogP contribution in [0.15, 0.2) is 12.1 Å². The molecule has 2 N–H and O–H groups in total. The third kappa shape index (κ3) is 4.76. The van der Waals surface area contributed by atoms with Crippen molar-refractivity contribution in [3.63, 3.8) is 0 Å². The summed E-state index contributed by atoms with van der Waals surface area (Å²) in [6, 6.07) is 3.59. The minimum atomic E-state index is -1.02. The fourth-order valence-electron chi connectivity index (χ4n) is 2.43. The zero-order valence-electron chi connectivity index (χ0n) is 13.9. The summed E-state index contributed by atoms with van der Waals surface area (Å²) in [4.78, 5) is 23.0. The van der Waals surface area contributed by atoms with E-state index in [1.54, 1.807) is 26.0 Å². The predicted molar refractivity (Wildman–Crippen MR) is 85.4 cm³/mol. The molecule has 0 saturated carbocycles. The molecule has 1 unspecified atom stereocenters. The minimum Gasteiger partial charge on any atom is -0.481 e. The Morgan fingerprint density at radius 3 is 2.18 bits per heavy atom. The molecule has 0 spiro atoms. The summed E-state index contributed by atoms with van der Waals surface area (Å²) in [7, 11) is 0. The molecule has 5 nitrogen and oxygen atoms in total. The van der Waals surface area contributed by atoms with E-state index in [9.17, 15) is 9.59 Å². The van der Waals surface area contributed by atoms with E-state index in [-0.39, 0.29) is 11.9 Å². The van der Waals surface area contributed by atoms with E-state index in [1.807, 2.05) is 6.92 Å². The maximum atomic E-state index is 12.4. The Morgan fingerprint density at radius 1 is 1.23 bits per heavy atom. The summed E-state index contributed by atoms with van der Waals surface area (Å²) in [6.07, 6.45) is 0.876. The number of carboxylic acid groups (broad SMARTS) is 1. The molecule has 0 aliphatic heterocycles. The lowest BCUT2D eigenvalue weighted by Crippen LogP contribution is -2.38. The second-order valence-corrected chi connectivity index (χ2v) is 5.85. The quantitative estimate of drug-likeness (QED) is 0.812. The molecular weight excluding hydrogens is 282 g/mol. The standard InChI is InChI=1S/C17H25NO4/c1-6-14(10(2)3)18-17(21)13-7-11(4)16(12(5)8-13)22-9-15(19)20/h7-8,10,14H,6,9H2,1-5H3,(H,18,21)(H,19,20). The largest absolute Gasteiger partial charge is 0.481 e. The van der Waals surface area contributed by atoms with Crippen LogP contribution in [0.2, 0.25) is 0 Å². The van der Waals surface area contributed by atoms with Crippen molar-refractivity contribution in [1.29, 1.82) is 0 Å². The van der Waals surface area contributed by atoms with Crippen molar-refractivity contribution in [2.75, 3.05) is 6.61 Å². The average molecular weight is 307 g/mol. The normalized spacial score (nSPS) is 12.1. The summed E-state index contributed by atoms with van der Waals surface area (Å²) >= 11 is 0. The van der Waals surface area contributed by atoms with Gasteiger partial charge in [0.05, 0.1) is 0 Å². The van der Waals surface area contributed by atoms with E-state index >= 15 is 0 Å². The van der Waals surface area contributed by atoms with Crippen molar-refractivity contribution < 1.29 is 19.4 Å². The Labute approximate surface area is 131 Å². The van der Waals surface area contributed by atoms with Crippen LogP contribution < -0.4 is 10.1 Å². The zero-order valence-corrected chi connectivity index (χ0v) is 13.9. The Hall–Kier alpha value is -2.04. The summed E-state index contributed by atoms with van der Waals surface area (Å²) in [5, 5.41) is 11.7. The van der Waals surface area contributed by atoms with Crippen LogP contribution in [0.25, 0.3) is 0 Å². The Kier molecular flexibility index (Phi) is 6.40. The number of nitrogens with one attached hydrogen (secondary N) is 1. The molecule has 122 valence electrons. The van der Waals surface area contributed by atoms with E-state index < -0.39 is 12.6 Å². The van der Waals surface area contributed by atoms with Crippen LogP contribution in [0.5, 0.6) is 5.75 Å². The number of hydrogen-bond donors (Lipinski definition) is 2. The lowest BCUT2D eigenvalue weighted by molar-refractivity contribution is -0.139. The van der Waals surface area contributed by atoms with Gasteiger partial charge in [-0.15, -0.1) is 0 Å². The molecule has 0 fully saturated rings. The lowest BCUT2D eigenvalue weighted by Gasteiger charge is -2.21. The van der Waals surface area contributed by atoms with Crippen molar-refractivity contribution in [1.82, 2.24) is 5.32 Å². The number of carbonyl (C=O) groups is 2. The molecule has 1 aromatic carbocycles. The van der Waals surface area contributed by atoms with Crippen LogP contribution in [0.3, 0.4) is 0 Å². The molecule has 0 bridgehead atoms. The lowest BCUT2D eigenvalue weighted by atomic mass is 10.0. The van der Waals surface area contributed by atoms with Crippen molar-refractivity contribution in [3.8, 4) is 5.75 Å². The van der Waals surface area contributed by atoms with Gasteiger partial charge in [-0.3, -0.25) is 4.79 Å². The molecule has 1 atom stereocenters. The smallest absolute Gasteiger partial charge is 0.341 e. The molecule has 0 aliphatic rings. The van der Waals surface area contributed by atoms with Gasteiger partial charge in [-0.25, -0.2) is 4.79 Å². The molecule has 0 radical (unpaired) electrons. The number of hydrogen-bond acceptors (Lipinski definition) is 3. The molecule has 5 heteroatoms. The molecule has 1 amide bonds. The maximum Gasteiger partial charge on any atom is 0.341 e. The molecule has 1 rings (SSSR count). The van der Waals surface area contributed by atoms with Crippen LogP contribution in [-0.4, -0.2) is 29.6 Å². The average Bonchev–Trinajstić information content (AvgIpc) is 2.42. The molecule has 0 saturated heterocycles. The molecule has 0 aliphatic carbocycles. The molecule has 0 heterocycles. The number of aliphatic carboxylic acids is 1. The number of carboxylic acids is 1. The topological polar surface area (TPSA) is 75.6 Å². The van der Waals surface area contributed by atoms with E-state index in [2.05, 4.69) is 19.2 Å². The number of benzene rings is 1. The summed E-state index contributed by atoms with van der Waals surface area (Å²) in [5.41, 5.74) is 2.07. The van der Waals surface area contributed by atoms with E-state index in [0.29, 0.717) is 17.2 Å². The highest BCUT2D eigenvalue weighted by molar-refractivity contribution is 5.95. The highest BCUT2D eigenvalue weighted by Crippen LogP contribution is 2.25. The Balaban J connectivity index is 2.93. The van der Waals surface area contributed by atoms with Crippen LogP contribution in [-0.2, 0) is 4.79 Å². The van der Waals surface area contributed by atoms with Gasteiger partial charge in [-0.2, -0.15) is 0 Å². The number of amides is 1. The van der Waals surface area contributed by atoms with Gasteiger partial charge in [0.25, 0.3) is 5.91 Å². The first-order chi connectivity index (χ1) is 10.3. The van der Waals surface area contributed by atoms with Crippen molar-refractivity contribution >= 4 is 11.9 Å². The number of carbonyl (C=O) groups excluding carboxylic acids is 1. The Bertz CT molecular complexity index is 529. The number of ether oxygens (including phenoxy) is 1. The third-order valence-corrected chi connectivity index (χ3v) is 3.62. The SMILES string of the molecule is CCC(NC(=O)c1cc(C)c(OCC(=O)O)c(C)c1)C(C)C. The minimum absolute atomic E-state index is 0.114. The van der Waals surface area contributed by atoms with Gasteiger partial charge in [0.15, 0.2) is 6.61 Å². The number of rotatable bonds is 7. The van der Waals surface area contributed by atoms with Gasteiger partial charge in [-0.05, 0) is 49.4 Å². The van der Waals surface area contributed by atoms with Crippen molar-refractivity contribution in [3.05, 3.63) is 28.8 Å². The summed E-state index contributed by atoms with van der Waals surface area (Å²) in [5.74, 6) is -0.246. The first kappa shape index (κ1) is 18.0. The predicted octanol–water partition coefficient (Wildman–Crippen LogP) is 2.93. The van der Waals surface area contributed by atoms with Crippen molar-refractivity contribution in [2.45, 2.75) is 47.1 Å². The summed E-state index contributed by atoms with van der Waals surface area (Å²) in [6.45, 7) is 9.42. The first-order valence-corrected chi connectivity index (χ1v) is 7.52. The van der Waals surface area contributed by atoms with Gasteiger partial charge in [0, 0.05) is 11.6 Å². The Morgan fingerprint density at radius 2 is 1.77 bits per heavy atom. The van der Waals surface area contributed by atoms with Crippen molar-refractivity contribution in [2.24, 2.45) is 5.92 Å². The second kappa shape index (κ2) is 7.82. The van der Waals surface area contributed by atoms with E-state index in [4.69, 9.17) is 9.84 Å². The molecular formula is C17H25NO4. The monoisotopic (exact) mass is 307 g/mol. The van der Waals surface area contributed by atoms with Gasteiger partial charge in [0.2, 0.25) is 0 Å². The molecule has 0 aromatic heterocycles.